The minimum Gasteiger partial charge on any atom is -0.371 e. The molecule has 0 bridgehead atoms. The molecular weight excluding hydrogens is 304 g/mol. The molecule has 2 atom stereocenters. The van der Waals surface area contributed by atoms with Crippen LogP contribution < -0.4 is 0 Å². The topological polar surface area (TPSA) is 49.9 Å². The number of halogens is 1. The smallest absolute Gasteiger partial charge is 0.253 e. The predicted octanol–water partition coefficient (Wildman–Crippen LogP) is 1.66. The first kappa shape index (κ1) is 15.3. The standard InChI is InChI=1S/C16H19ClN2O3/c1-18-14-8-19(6-5-12(14)9-22-10-15(18)20)16(21)11-3-2-4-13(17)7-11/h2-4,7,12,14H,5-6,8-10H2,1H3/t12-,14-/m0/s1. The Morgan fingerprint density at radius 2 is 2.23 bits per heavy atom. The van der Waals surface area contributed by atoms with Gasteiger partial charge in [0, 0.05) is 36.6 Å². The summed E-state index contributed by atoms with van der Waals surface area (Å²) < 4.78 is 5.43. The van der Waals surface area contributed by atoms with E-state index in [2.05, 4.69) is 0 Å². The Morgan fingerprint density at radius 1 is 1.41 bits per heavy atom. The Balaban J connectivity index is 1.77. The molecule has 0 N–H and O–H groups in total. The number of rotatable bonds is 1. The summed E-state index contributed by atoms with van der Waals surface area (Å²) in [5.41, 5.74) is 0.588. The van der Waals surface area contributed by atoms with E-state index in [1.165, 1.54) is 0 Å². The number of hydrogen-bond donors (Lipinski definition) is 0. The van der Waals surface area contributed by atoms with E-state index in [1.807, 2.05) is 4.90 Å². The number of hydrogen-bond acceptors (Lipinski definition) is 3. The molecule has 0 radical (unpaired) electrons. The van der Waals surface area contributed by atoms with E-state index < -0.39 is 0 Å². The highest BCUT2D eigenvalue weighted by Gasteiger charge is 2.37. The number of likely N-dealkylation sites (tertiary alicyclic amines) is 1. The van der Waals surface area contributed by atoms with Crippen molar-refractivity contribution >= 4 is 23.4 Å². The Hall–Kier alpha value is -1.59. The molecule has 0 aromatic heterocycles. The third-order valence-electron chi connectivity index (χ3n) is 4.53. The molecule has 2 heterocycles. The van der Waals surface area contributed by atoms with Crippen LogP contribution >= 0.6 is 11.6 Å². The maximum atomic E-state index is 12.6. The van der Waals surface area contributed by atoms with Crippen LogP contribution in [0.25, 0.3) is 0 Å². The number of fused-ring (bicyclic) bond motifs is 1. The lowest BCUT2D eigenvalue weighted by Gasteiger charge is -2.41. The number of piperidine rings is 1. The van der Waals surface area contributed by atoms with E-state index in [9.17, 15) is 9.59 Å². The summed E-state index contributed by atoms with van der Waals surface area (Å²) in [5.74, 6) is 0.233. The number of benzene rings is 1. The van der Waals surface area contributed by atoms with Crippen LogP contribution in [0.3, 0.4) is 0 Å². The fourth-order valence-corrected chi connectivity index (χ4v) is 3.38. The zero-order valence-electron chi connectivity index (χ0n) is 12.5. The number of nitrogens with zero attached hydrogens (tertiary/aromatic N) is 2. The van der Waals surface area contributed by atoms with Gasteiger partial charge >= 0.3 is 0 Å². The second-order valence-electron chi connectivity index (χ2n) is 5.90. The van der Waals surface area contributed by atoms with Crippen molar-refractivity contribution in [3.05, 3.63) is 34.9 Å². The van der Waals surface area contributed by atoms with Crippen LogP contribution in [-0.2, 0) is 9.53 Å². The molecule has 6 heteroatoms. The van der Waals surface area contributed by atoms with Crippen molar-refractivity contribution in [1.82, 2.24) is 9.80 Å². The van der Waals surface area contributed by atoms with Gasteiger partial charge in [-0.15, -0.1) is 0 Å². The molecule has 22 heavy (non-hydrogen) atoms. The van der Waals surface area contributed by atoms with Crippen LogP contribution in [0.5, 0.6) is 0 Å². The van der Waals surface area contributed by atoms with Crippen LogP contribution in [0.4, 0.5) is 0 Å². The molecule has 0 spiro atoms. The Kier molecular flexibility index (Phi) is 4.36. The van der Waals surface area contributed by atoms with Crippen LogP contribution in [0.15, 0.2) is 24.3 Å². The quantitative estimate of drug-likeness (QED) is 0.790. The lowest BCUT2D eigenvalue weighted by atomic mass is 9.91. The summed E-state index contributed by atoms with van der Waals surface area (Å²) in [7, 11) is 1.79. The molecule has 2 aliphatic rings. The van der Waals surface area contributed by atoms with Gasteiger partial charge in [-0.3, -0.25) is 9.59 Å². The molecule has 2 aliphatic heterocycles. The molecule has 1 aromatic carbocycles. The normalized spacial score (nSPS) is 25.6. The highest BCUT2D eigenvalue weighted by atomic mass is 35.5. The summed E-state index contributed by atoms with van der Waals surface area (Å²) in [6.45, 7) is 1.94. The molecule has 0 unspecified atom stereocenters. The molecular formula is C16H19ClN2O3. The SMILES string of the molecule is CN1C(=O)COC[C@@H]2CCN(C(=O)c3cccc(Cl)c3)C[C@@H]21. The van der Waals surface area contributed by atoms with Gasteiger partial charge in [0.05, 0.1) is 12.6 Å². The first-order chi connectivity index (χ1) is 10.6. The highest BCUT2D eigenvalue weighted by Crippen LogP contribution is 2.26. The molecule has 2 saturated heterocycles. The van der Waals surface area contributed by atoms with Gasteiger partial charge in [0.2, 0.25) is 5.91 Å². The molecule has 0 aliphatic carbocycles. The van der Waals surface area contributed by atoms with Crippen molar-refractivity contribution in [3.8, 4) is 0 Å². The molecule has 2 amide bonds. The largest absolute Gasteiger partial charge is 0.371 e. The number of carbonyl (C=O) groups is 2. The van der Waals surface area contributed by atoms with E-state index in [0.717, 1.165) is 6.42 Å². The Morgan fingerprint density at radius 3 is 3.00 bits per heavy atom. The minimum atomic E-state index is -0.0352. The van der Waals surface area contributed by atoms with Gasteiger partial charge < -0.3 is 14.5 Å². The van der Waals surface area contributed by atoms with Gasteiger partial charge in [-0.2, -0.15) is 0 Å². The van der Waals surface area contributed by atoms with E-state index >= 15 is 0 Å². The zero-order chi connectivity index (χ0) is 15.7. The molecule has 1 aromatic rings. The molecule has 2 fully saturated rings. The van der Waals surface area contributed by atoms with Crippen LogP contribution in [-0.4, -0.2) is 61.0 Å². The summed E-state index contributed by atoms with van der Waals surface area (Å²) in [6.07, 6.45) is 0.842. The third-order valence-corrected chi connectivity index (χ3v) is 4.76. The average molecular weight is 323 g/mol. The van der Waals surface area contributed by atoms with Gasteiger partial charge in [-0.1, -0.05) is 17.7 Å². The van der Waals surface area contributed by atoms with Gasteiger partial charge in [-0.25, -0.2) is 0 Å². The van der Waals surface area contributed by atoms with Crippen molar-refractivity contribution < 1.29 is 14.3 Å². The van der Waals surface area contributed by atoms with E-state index in [0.29, 0.717) is 36.2 Å². The van der Waals surface area contributed by atoms with Crippen molar-refractivity contribution in [2.24, 2.45) is 5.92 Å². The minimum absolute atomic E-state index is 0.0203. The summed E-state index contributed by atoms with van der Waals surface area (Å²) >= 11 is 5.96. The molecule has 118 valence electrons. The van der Waals surface area contributed by atoms with Gasteiger partial charge in [0.15, 0.2) is 0 Å². The van der Waals surface area contributed by atoms with Crippen molar-refractivity contribution in [1.29, 1.82) is 0 Å². The number of carbonyl (C=O) groups excluding carboxylic acids is 2. The number of ether oxygens (including phenoxy) is 1. The van der Waals surface area contributed by atoms with E-state index in [1.54, 1.807) is 36.2 Å². The van der Waals surface area contributed by atoms with Crippen molar-refractivity contribution in [2.75, 3.05) is 33.4 Å². The Bertz CT molecular complexity index is 593. The summed E-state index contributed by atoms with van der Waals surface area (Å²) in [5, 5.41) is 0.552. The Labute approximate surface area is 134 Å². The maximum Gasteiger partial charge on any atom is 0.253 e. The van der Waals surface area contributed by atoms with Crippen LogP contribution in [0, 0.1) is 5.92 Å². The third kappa shape index (κ3) is 2.96. The lowest BCUT2D eigenvalue weighted by molar-refractivity contribution is -0.134. The zero-order valence-corrected chi connectivity index (χ0v) is 13.3. The maximum absolute atomic E-state index is 12.6. The monoisotopic (exact) mass is 322 g/mol. The van der Waals surface area contributed by atoms with Crippen LogP contribution in [0.1, 0.15) is 16.8 Å². The fraction of sp³-hybridized carbons (Fsp3) is 0.500. The molecule has 0 saturated carbocycles. The highest BCUT2D eigenvalue weighted by molar-refractivity contribution is 6.30. The first-order valence-electron chi connectivity index (χ1n) is 7.44. The van der Waals surface area contributed by atoms with Crippen molar-refractivity contribution in [2.45, 2.75) is 12.5 Å². The van der Waals surface area contributed by atoms with E-state index in [4.69, 9.17) is 16.3 Å². The van der Waals surface area contributed by atoms with Gasteiger partial charge in [0.1, 0.15) is 6.61 Å². The fourth-order valence-electron chi connectivity index (χ4n) is 3.19. The van der Waals surface area contributed by atoms with Gasteiger partial charge in [-0.05, 0) is 24.6 Å². The second kappa shape index (κ2) is 6.26. The van der Waals surface area contributed by atoms with Crippen molar-refractivity contribution in [3.63, 3.8) is 0 Å². The van der Waals surface area contributed by atoms with Gasteiger partial charge in [0.25, 0.3) is 5.91 Å². The number of amides is 2. The summed E-state index contributed by atoms with van der Waals surface area (Å²) in [4.78, 5) is 28.1. The first-order valence-corrected chi connectivity index (χ1v) is 7.82. The van der Waals surface area contributed by atoms with E-state index in [-0.39, 0.29) is 24.5 Å². The molecule has 3 rings (SSSR count). The predicted molar refractivity (Wildman–Crippen MR) is 82.8 cm³/mol. The summed E-state index contributed by atoms with van der Waals surface area (Å²) in [6, 6.07) is 7.00. The van der Waals surface area contributed by atoms with Crippen LogP contribution in [0.2, 0.25) is 5.02 Å². The second-order valence-corrected chi connectivity index (χ2v) is 6.33. The lowest BCUT2D eigenvalue weighted by Crippen LogP contribution is -2.54. The average Bonchev–Trinajstić information content (AvgIpc) is 2.66. The number of likely N-dealkylation sites (N-methyl/N-ethyl adjacent to an activating group) is 1. The molecule has 5 nitrogen and oxygen atoms in total.